The summed E-state index contributed by atoms with van der Waals surface area (Å²) in [5.74, 6) is -0.367. The molecule has 25 heavy (non-hydrogen) atoms. The second kappa shape index (κ2) is 5.92. The molecule has 2 aromatic rings. The molecule has 1 fully saturated rings. The first-order valence-electron chi connectivity index (χ1n) is 7.84. The lowest BCUT2D eigenvalue weighted by Crippen LogP contribution is -2.50. The van der Waals surface area contributed by atoms with E-state index in [1.807, 2.05) is 12.1 Å². The third kappa shape index (κ3) is 2.66. The summed E-state index contributed by atoms with van der Waals surface area (Å²) in [5, 5.41) is 5.33. The van der Waals surface area contributed by atoms with Crippen molar-refractivity contribution in [2.24, 2.45) is 0 Å². The van der Waals surface area contributed by atoms with E-state index >= 15 is 0 Å². The standard InChI is InChI=1S/C16H15F2N5O2/c17-15(18)23-13(22-4-3-12(24)21-16(22)25)8-20-14(23)9-1-2-10-6-19-7-11(10)5-9/h1-2,5,8,15,19H,3-4,6-7H2,(H,21,24,25). The molecule has 4 rings (SSSR count). The lowest BCUT2D eigenvalue weighted by molar-refractivity contribution is -0.120. The molecule has 3 heterocycles. The van der Waals surface area contributed by atoms with Crippen LogP contribution in [0.25, 0.3) is 11.4 Å². The Balaban J connectivity index is 1.76. The van der Waals surface area contributed by atoms with E-state index in [1.54, 1.807) is 6.07 Å². The van der Waals surface area contributed by atoms with E-state index in [9.17, 15) is 18.4 Å². The first kappa shape index (κ1) is 15.7. The van der Waals surface area contributed by atoms with Crippen LogP contribution in [0.1, 0.15) is 24.1 Å². The van der Waals surface area contributed by atoms with Crippen molar-refractivity contribution in [3.63, 3.8) is 0 Å². The van der Waals surface area contributed by atoms with E-state index < -0.39 is 18.5 Å². The van der Waals surface area contributed by atoms with Crippen molar-refractivity contribution >= 4 is 17.8 Å². The maximum absolute atomic E-state index is 13.7. The zero-order valence-corrected chi connectivity index (χ0v) is 13.1. The summed E-state index contributed by atoms with van der Waals surface area (Å²) in [5.41, 5.74) is 2.74. The number of imide groups is 1. The fourth-order valence-corrected chi connectivity index (χ4v) is 3.17. The first-order chi connectivity index (χ1) is 12.0. The van der Waals surface area contributed by atoms with Crippen molar-refractivity contribution in [1.82, 2.24) is 20.2 Å². The minimum absolute atomic E-state index is 0.0337. The van der Waals surface area contributed by atoms with E-state index in [0.29, 0.717) is 12.1 Å². The van der Waals surface area contributed by atoms with Crippen molar-refractivity contribution in [2.45, 2.75) is 26.1 Å². The van der Waals surface area contributed by atoms with Gasteiger partial charge in [0.15, 0.2) is 0 Å². The molecule has 0 aliphatic carbocycles. The van der Waals surface area contributed by atoms with Gasteiger partial charge in [0.05, 0.1) is 6.20 Å². The van der Waals surface area contributed by atoms with Crippen LogP contribution in [0.3, 0.4) is 0 Å². The van der Waals surface area contributed by atoms with Gasteiger partial charge < -0.3 is 5.32 Å². The summed E-state index contributed by atoms with van der Waals surface area (Å²) < 4.78 is 28.2. The topological polar surface area (TPSA) is 79.3 Å². The first-order valence-corrected chi connectivity index (χ1v) is 7.84. The number of aromatic nitrogens is 2. The van der Waals surface area contributed by atoms with Crippen LogP contribution in [-0.4, -0.2) is 28.0 Å². The van der Waals surface area contributed by atoms with Gasteiger partial charge in [0.25, 0.3) is 0 Å². The predicted molar refractivity (Wildman–Crippen MR) is 85.0 cm³/mol. The Morgan fingerprint density at radius 2 is 1.96 bits per heavy atom. The van der Waals surface area contributed by atoms with Crippen LogP contribution in [0, 0.1) is 0 Å². The number of alkyl halides is 2. The van der Waals surface area contributed by atoms with Crippen LogP contribution in [0.2, 0.25) is 0 Å². The number of carbonyl (C=O) groups is 2. The molecular formula is C16H15F2N5O2. The molecule has 3 amide bonds. The Bertz CT molecular complexity index is 864. The Morgan fingerprint density at radius 1 is 1.16 bits per heavy atom. The fourth-order valence-electron chi connectivity index (χ4n) is 3.17. The third-order valence-electron chi connectivity index (χ3n) is 4.40. The van der Waals surface area contributed by atoms with E-state index in [2.05, 4.69) is 15.6 Å². The van der Waals surface area contributed by atoms with Gasteiger partial charge in [-0.05, 0) is 17.2 Å². The van der Waals surface area contributed by atoms with Crippen molar-refractivity contribution in [2.75, 3.05) is 11.4 Å². The molecule has 2 aliphatic rings. The molecule has 1 aromatic carbocycles. The van der Waals surface area contributed by atoms with Gasteiger partial charge in [-0.3, -0.25) is 19.6 Å². The highest BCUT2D eigenvalue weighted by molar-refractivity contribution is 6.05. The summed E-state index contributed by atoms with van der Waals surface area (Å²) in [6.07, 6.45) is 1.29. The van der Waals surface area contributed by atoms with Gasteiger partial charge in [0, 0.05) is 31.6 Å². The number of rotatable bonds is 3. The number of fused-ring (bicyclic) bond motifs is 1. The lowest BCUT2D eigenvalue weighted by Gasteiger charge is -2.27. The van der Waals surface area contributed by atoms with E-state index in [1.165, 1.54) is 6.20 Å². The smallest absolute Gasteiger partial charge is 0.309 e. The number of hydrogen-bond acceptors (Lipinski definition) is 4. The van der Waals surface area contributed by atoms with Crippen LogP contribution >= 0.6 is 0 Å². The van der Waals surface area contributed by atoms with Gasteiger partial charge in [0.2, 0.25) is 5.91 Å². The molecule has 0 atom stereocenters. The molecule has 1 aromatic heterocycles. The van der Waals surface area contributed by atoms with E-state index in [4.69, 9.17) is 0 Å². The molecule has 7 nitrogen and oxygen atoms in total. The second-order valence-corrected chi connectivity index (χ2v) is 5.93. The van der Waals surface area contributed by atoms with Crippen LogP contribution in [0.5, 0.6) is 0 Å². The number of urea groups is 1. The Morgan fingerprint density at radius 3 is 2.72 bits per heavy atom. The highest BCUT2D eigenvalue weighted by atomic mass is 19.3. The van der Waals surface area contributed by atoms with E-state index in [-0.39, 0.29) is 24.6 Å². The molecule has 0 unspecified atom stereocenters. The van der Waals surface area contributed by atoms with Crippen molar-refractivity contribution in [1.29, 1.82) is 0 Å². The number of imidazole rings is 1. The molecule has 0 saturated carbocycles. The van der Waals surface area contributed by atoms with Gasteiger partial charge in [-0.25, -0.2) is 9.78 Å². The van der Waals surface area contributed by atoms with Crippen LogP contribution < -0.4 is 15.5 Å². The van der Waals surface area contributed by atoms with Crippen LogP contribution in [-0.2, 0) is 17.9 Å². The molecule has 1 saturated heterocycles. The number of anilines is 1. The second-order valence-electron chi connectivity index (χ2n) is 5.93. The molecule has 0 bridgehead atoms. The SMILES string of the molecule is O=C1CCN(c2cnc(-c3ccc4c(c3)CNC4)n2C(F)F)C(=O)N1. The molecule has 0 radical (unpaired) electrons. The monoisotopic (exact) mass is 347 g/mol. The van der Waals surface area contributed by atoms with Gasteiger partial charge in [-0.2, -0.15) is 8.78 Å². The molecule has 130 valence electrons. The van der Waals surface area contributed by atoms with Gasteiger partial charge >= 0.3 is 12.6 Å². The normalized spacial score (nSPS) is 17.2. The minimum atomic E-state index is -2.87. The number of hydrogen-bond donors (Lipinski definition) is 2. The van der Waals surface area contributed by atoms with Crippen LogP contribution in [0.4, 0.5) is 19.4 Å². The summed E-state index contributed by atoms with van der Waals surface area (Å²) in [6, 6.07) is 4.75. The van der Waals surface area contributed by atoms with Gasteiger partial charge in [-0.1, -0.05) is 12.1 Å². The van der Waals surface area contributed by atoms with Crippen LogP contribution in [0.15, 0.2) is 24.4 Å². The van der Waals surface area contributed by atoms with Crippen molar-refractivity contribution in [3.05, 3.63) is 35.5 Å². The largest absolute Gasteiger partial charge is 0.329 e. The quantitative estimate of drug-likeness (QED) is 0.890. The third-order valence-corrected chi connectivity index (χ3v) is 4.40. The maximum Gasteiger partial charge on any atom is 0.329 e. The Hall–Kier alpha value is -2.81. The number of carbonyl (C=O) groups excluding carboxylic acids is 2. The van der Waals surface area contributed by atoms with Crippen molar-refractivity contribution in [3.8, 4) is 11.4 Å². The summed E-state index contributed by atoms with van der Waals surface area (Å²) in [4.78, 5) is 28.5. The molecule has 0 spiro atoms. The highest BCUT2D eigenvalue weighted by Gasteiger charge is 2.30. The molecule has 2 aliphatic heterocycles. The molecule has 2 N–H and O–H groups in total. The number of amides is 3. The Kier molecular flexibility index (Phi) is 3.72. The number of nitrogens with zero attached hydrogens (tertiary/aromatic N) is 3. The highest BCUT2D eigenvalue weighted by Crippen LogP contribution is 2.32. The summed E-state index contributed by atoms with van der Waals surface area (Å²) in [7, 11) is 0. The zero-order valence-electron chi connectivity index (χ0n) is 13.1. The average Bonchev–Trinajstić information content (AvgIpc) is 3.20. The summed E-state index contributed by atoms with van der Waals surface area (Å²) >= 11 is 0. The fraction of sp³-hybridized carbons (Fsp3) is 0.312. The number of nitrogens with one attached hydrogen (secondary N) is 2. The molecule has 9 heteroatoms. The van der Waals surface area contributed by atoms with Gasteiger partial charge in [-0.15, -0.1) is 0 Å². The van der Waals surface area contributed by atoms with E-state index in [0.717, 1.165) is 27.1 Å². The maximum atomic E-state index is 13.7. The molecular weight excluding hydrogens is 332 g/mol. The average molecular weight is 347 g/mol. The number of halogens is 2. The minimum Gasteiger partial charge on any atom is -0.309 e. The van der Waals surface area contributed by atoms with Gasteiger partial charge in [0.1, 0.15) is 11.6 Å². The number of benzene rings is 1. The van der Waals surface area contributed by atoms with Crippen molar-refractivity contribution < 1.29 is 18.4 Å². The lowest BCUT2D eigenvalue weighted by atomic mass is 10.1. The Labute approximate surface area is 141 Å². The summed E-state index contributed by atoms with van der Waals surface area (Å²) in [6.45, 7) is -1.39. The predicted octanol–water partition coefficient (Wildman–Crippen LogP) is 1.99. The zero-order chi connectivity index (χ0) is 17.6.